The summed E-state index contributed by atoms with van der Waals surface area (Å²) in [6.07, 6.45) is 1.03. The highest BCUT2D eigenvalue weighted by Crippen LogP contribution is 2.26. The van der Waals surface area contributed by atoms with Crippen LogP contribution in [-0.2, 0) is 4.79 Å². The van der Waals surface area contributed by atoms with Crippen LogP contribution in [-0.4, -0.2) is 35.0 Å². The van der Waals surface area contributed by atoms with Crippen LogP contribution in [0.25, 0.3) is 0 Å². The van der Waals surface area contributed by atoms with Crippen molar-refractivity contribution >= 4 is 40.0 Å². The minimum atomic E-state index is -0.308. The van der Waals surface area contributed by atoms with E-state index in [4.69, 9.17) is 34.8 Å². The van der Waals surface area contributed by atoms with Gasteiger partial charge in [-0.2, -0.15) is 0 Å². The minimum Gasteiger partial charge on any atom is -0.294 e. The highest BCUT2D eigenvalue weighted by Gasteiger charge is 2.20. The van der Waals surface area contributed by atoms with Crippen molar-refractivity contribution in [2.24, 2.45) is 0 Å². The fourth-order valence-electron chi connectivity index (χ4n) is 2.13. The smallest absolute Gasteiger partial charge is 0.221 e. The van der Waals surface area contributed by atoms with E-state index in [1.54, 1.807) is 0 Å². The highest BCUT2D eigenvalue weighted by atomic mass is 35.5. The summed E-state index contributed by atoms with van der Waals surface area (Å²) in [6.45, 7) is 1.48. The van der Waals surface area contributed by atoms with Crippen LogP contribution in [0.2, 0.25) is 0 Å². The first-order valence-corrected chi connectivity index (χ1v) is 7.73. The van der Waals surface area contributed by atoms with Crippen LogP contribution in [0.4, 0.5) is 0 Å². The molecule has 1 aromatic rings. The number of carbonyl (C=O) groups excluding carboxylic acids is 1. The van der Waals surface area contributed by atoms with E-state index in [0.29, 0.717) is 24.6 Å². The Morgan fingerprint density at radius 3 is 2.16 bits per heavy atom. The molecule has 0 saturated heterocycles. The SMILES string of the molecule is O=C(Cl)CCC(c1ccccc1)N(CCCl)CCCl. The van der Waals surface area contributed by atoms with Crippen LogP contribution in [0.15, 0.2) is 30.3 Å². The van der Waals surface area contributed by atoms with Crippen LogP contribution in [0.5, 0.6) is 0 Å². The molecule has 0 aliphatic heterocycles. The van der Waals surface area contributed by atoms with E-state index in [1.807, 2.05) is 18.2 Å². The standard InChI is InChI=1S/C14H18Cl3NO/c15-8-10-18(11-9-16)13(6-7-14(17)19)12-4-2-1-3-5-12/h1-5,13H,6-11H2. The monoisotopic (exact) mass is 321 g/mol. The Bertz CT molecular complexity index is 366. The number of nitrogens with zero attached hydrogens (tertiary/aromatic N) is 1. The molecular weight excluding hydrogens is 305 g/mol. The molecule has 19 heavy (non-hydrogen) atoms. The molecule has 1 aromatic carbocycles. The predicted molar refractivity (Wildman–Crippen MR) is 82.3 cm³/mol. The van der Waals surface area contributed by atoms with Crippen LogP contribution in [0.1, 0.15) is 24.4 Å². The number of hydrogen-bond donors (Lipinski definition) is 0. The molecule has 1 atom stereocenters. The van der Waals surface area contributed by atoms with Gasteiger partial charge in [-0.05, 0) is 23.6 Å². The average Bonchev–Trinajstić information content (AvgIpc) is 2.40. The Balaban J connectivity index is 2.85. The minimum absolute atomic E-state index is 0.126. The van der Waals surface area contributed by atoms with E-state index >= 15 is 0 Å². The first-order valence-electron chi connectivity index (χ1n) is 6.28. The number of hydrogen-bond acceptors (Lipinski definition) is 2. The third kappa shape index (κ3) is 6.13. The second kappa shape index (κ2) is 9.60. The molecule has 0 fully saturated rings. The molecule has 1 rings (SSSR count). The van der Waals surface area contributed by atoms with Gasteiger partial charge in [0.2, 0.25) is 5.24 Å². The van der Waals surface area contributed by atoms with Crippen LogP contribution in [0.3, 0.4) is 0 Å². The average molecular weight is 323 g/mol. The van der Waals surface area contributed by atoms with Gasteiger partial charge >= 0.3 is 0 Å². The normalized spacial score (nSPS) is 12.6. The number of alkyl halides is 2. The molecule has 2 nitrogen and oxygen atoms in total. The van der Waals surface area contributed by atoms with E-state index in [1.165, 1.54) is 0 Å². The van der Waals surface area contributed by atoms with Gasteiger partial charge in [0.25, 0.3) is 0 Å². The second-order valence-electron chi connectivity index (χ2n) is 4.23. The summed E-state index contributed by atoms with van der Waals surface area (Å²) >= 11 is 17.2. The Morgan fingerprint density at radius 2 is 1.68 bits per heavy atom. The zero-order valence-electron chi connectivity index (χ0n) is 10.7. The first-order chi connectivity index (χ1) is 9.19. The Labute approximate surface area is 129 Å². The Morgan fingerprint density at radius 1 is 1.11 bits per heavy atom. The molecule has 0 N–H and O–H groups in total. The molecule has 0 radical (unpaired) electrons. The van der Waals surface area contributed by atoms with E-state index in [9.17, 15) is 4.79 Å². The van der Waals surface area contributed by atoms with Crippen molar-refractivity contribution in [1.29, 1.82) is 0 Å². The van der Waals surface area contributed by atoms with Crippen LogP contribution in [0, 0.1) is 0 Å². The van der Waals surface area contributed by atoms with Gasteiger partial charge in [0.15, 0.2) is 0 Å². The van der Waals surface area contributed by atoms with Crippen molar-refractivity contribution in [1.82, 2.24) is 4.90 Å². The molecule has 106 valence electrons. The topological polar surface area (TPSA) is 20.3 Å². The number of benzene rings is 1. The first kappa shape index (κ1) is 16.8. The molecular formula is C14H18Cl3NO. The maximum Gasteiger partial charge on any atom is 0.221 e. The van der Waals surface area contributed by atoms with Gasteiger partial charge < -0.3 is 0 Å². The van der Waals surface area contributed by atoms with E-state index < -0.39 is 0 Å². The third-order valence-corrected chi connectivity index (χ3v) is 3.51. The van der Waals surface area contributed by atoms with Crippen molar-refractivity contribution in [2.45, 2.75) is 18.9 Å². The largest absolute Gasteiger partial charge is 0.294 e. The molecule has 0 heterocycles. The summed E-state index contributed by atoms with van der Waals surface area (Å²) in [5.41, 5.74) is 1.16. The quantitative estimate of drug-likeness (QED) is 0.505. The third-order valence-electron chi connectivity index (χ3n) is 2.98. The van der Waals surface area contributed by atoms with Crippen LogP contribution < -0.4 is 0 Å². The summed E-state index contributed by atoms with van der Waals surface area (Å²) < 4.78 is 0. The summed E-state index contributed by atoms with van der Waals surface area (Å²) in [6, 6.07) is 10.2. The van der Waals surface area contributed by atoms with E-state index in [-0.39, 0.29) is 11.3 Å². The van der Waals surface area contributed by atoms with Crippen molar-refractivity contribution < 1.29 is 4.79 Å². The molecule has 0 spiro atoms. The van der Waals surface area contributed by atoms with Crippen molar-refractivity contribution in [2.75, 3.05) is 24.8 Å². The maximum atomic E-state index is 11.0. The van der Waals surface area contributed by atoms with Gasteiger partial charge in [-0.3, -0.25) is 9.69 Å². The predicted octanol–water partition coefficient (Wildman–Crippen LogP) is 4.05. The molecule has 0 aliphatic carbocycles. The van der Waals surface area contributed by atoms with Crippen molar-refractivity contribution in [3.05, 3.63) is 35.9 Å². The molecule has 0 amide bonds. The Kier molecular flexibility index (Phi) is 8.47. The van der Waals surface area contributed by atoms with Gasteiger partial charge in [-0.25, -0.2) is 0 Å². The Hall–Kier alpha value is -0.280. The summed E-state index contributed by atoms with van der Waals surface area (Å²) in [7, 11) is 0. The lowest BCUT2D eigenvalue weighted by Crippen LogP contribution is -2.32. The molecule has 0 saturated carbocycles. The molecule has 5 heteroatoms. The van der Waals surface area contributed by atoms with E-state index in [0.717, 1.165) is 18.7 Å². The highest BCUT2D eigenvalue weighted by molar-refractivity contribution is 6.63. The summed E-state index contributed by atoms with van der Waals surface area (Å²) in [4.78, 5) is 13.2. The maximum absolute atomic E-state index is 11.0. The molecule has 0 bridgehead atoms. The fraction of sp³-hybridized carbons (Fsp3) is 0.500. The number of rotatable bonds is 9. The van der Waals surface area contributed by atoms with Gasteiger partial charge in [0.05, 0.1) is 0 Å². The molecule has 0 aromatic heterocycles. The van der Waals surface area contributed by atoms with Crippen LogP contribution >= 0.6 is 34.8 Å². The van der Waals surface area contributed by atoms with E-state index in [2.05, 4.69) is 17.0 Å². The lowest BCUT2D eigenvalue weighted by atomic mass is 10.0. The summed E-state index contributed by atoms with van der Waals surface area (Å²) in [5, 5.41) is -0.308. The zero-order chi connectivity index (χ0) is 14.1. The van der Waals surface area contributed by atoms with Crippen molar-refractivity contribution in [3.8, 4) is 0 Å². The second-order valence-corrected chi connectivity index (χ2v) is 5.41. The number of carbonyl (C=O) groups is 1. The molecule has 0 aliphatic rings. The number of halogens is 3. The lowest BCUT2D eigenvalue weighted by Gasteiger charge is -2.31. The van der Waals surface area contributed by atoms with Gasteiger partial charge in [0.1, 0.15) is 0 Å². The van der Waals surface area contributed by atoms with Gasteiger partial charge in [-0.15, -0.1) is 23.2 Å². The zero-order valence-corrected chi connectivity index (χ0v) is 13.0. The van der Waals surface area contributed by atoms with Gasteiger partial charge in [0, 0.05) is 37.3 Å². The lowest BCUT2D eigenvalue weighted by molar-refractivity contribution is -0.112. The van der Waals surface area contributed by atoms with Crippen molar-refractivity contribution in [3.63, 3.8) is 0 Å². The molecule has 1 unspecified atom stereocenters. The summed E-state index contributed by atoms with van der Waals surface area (Å²) in [5.74, 6) is 1.07. The van der Waals surface area contributed by atoms with Gasteiger partial charge in [-0.1, -0.05) is 30.3 Å². The fourth-order valence-corrected chi connectivity index (χ4v) is 2.67.